The molecule has 0 N–H and O–H groups in total. The van der Waals surface area contributed by atoms with Crippen molar-refractivity contribution >= 4 is 10.0 Å². The number of halogens is 2. The van der Waals surface area contributed by atoms with Crippen molar-refractivity contribution in [1.29, 1.82) is 5.26 Å². The van der Waals surface area contributed by atoms with Crippen molar-refractivity contribution in [3.05, 3.63) is 35.4 Å². The van der Waals surface area contributed by atoms with Crippen LogP contribution in [0.25, 0.3) is 0 Å². The van der Waals surface area contributed by atoms with Crippen molar-refractivity contribution in [2.45, 2.75) is 37.5 Å². The summed E-state index contributed by atoms with van der Waals surface area (Å²) in [4.78, 5) is 0. The number of hydrogen-bond acceptors (Lipinski definition) is 3. The van der Waals surface area contributed by atoms with E-state index in [1.807, 2.05) is 0 Å². The number of benzene rings is 1. The fourth-order valence-electron chi connectivity index (χ4n) is 2.63. The highest BCUT2D eigenvalue weighted by molar-refractivity contribution is 7.90. The Morgan fingerprint density at radius 1 is 1.43 bits per heavy atom. The third-order valence-corrected chi connectivity index (χ3v) is 5.98. The molecule has 0 aromatic heterocycles. The predicted molar refractivity (Wildman–Crippen MR) is 73.7 cm³/mol. The van der Waals surface area contributed by atoms with Gasteiger partial charge in [-0.2, -0.15) is 9.57 Å². The lowest BCUT2D eigenvalue weighted by molar-refractivity contribution is 0.390. The first-order valence-corrected chi connectivity index (χ1v) is 8.27. The second-order valence-electron chi connectivity index (χ2n) is 5.01. The minimum Gasteiger partial charge on any atom is -0.211 e. The van der Waals surface area contributed by atoms with Gasteiger partial charge in [0, 0.05) is 12.6 Å². The Morgan fingerprint density at radius 2 is 2.14 bits per heavy atom. The summed E-state index contributed by atoms with van der Waals surface area (Å²) in [5.74, 6) is -1.96. The average Bonchev–Trinajstić information content (AvgIpc) is 2.93. The Kier molecular flexibility index (Phi) is 4.59. The molecule has 0 spiro atoms. The van der Waals surface area contributed by atoms with E-state index in [2.05, 4.69) is 0 Å². The zero-order valence-electron chi connectivity index (χ0n) is 11.6. The van der Waals surface area contributed by atoms with Crippen LogP contribution >= 0.6 is 0 Å². The topological polar surface area (TPSA) is 61.2 Å². The van der Waals surface area contributed by atoms with Crippen molar-refractivity contribution in [3.63, 3.8) is 0 Å². The molecular weight excluding hydrogens is 298 g/mol. The summed E-state index contributed by atoms with van der Waals surface area (Å²) in [5, 5.41) is 7.89. The molecule has 1 aromatic carbocycles. The van der Waals surface area contributed by atoms with E-state index in [0.29, 0.717) is 24.9 Å². The minimum atomic E-state index is -3.77. The average molecular weight is 314 g/mol. The first-order chi connectivity index (χ1) is 9.91. The number of sulfonamides is 1. The maximum absolute atomic E-state index is 13.4. The van der Waals surface area contributed by atoms with Gasteiger partial charge >= 0.3 is 0 Å². The molecule has 0 amide bonds. The quantitative estimate of drug-likeness (QED) is 0.858. The second-order valence-corrected chi connectivity index (χ2v) is 7.08. The summed E-state index contributed by atoms with van der Waals surface area (Å²) in [6.07, 6.45) is 1.36. The highest BCUT2D eigenvalue weighted by Crippen LogP contribution is 2.36. The molecule has 1 saturated heterocycles. The molecule has 114 valence electrons. The molecule has 1 aliphatic rings. The Balaban J connectivity index is 2.37. The summed E-state index contributed by atoms with van der Waals surface area (Å²) in [6, 6.07) is 4.68. The van der Waals surface area contributed by atoms with Crippen molar-refractivity contribution in [2.75, 3.05) is 6.54 Å². The molecule has 1 fully saturated rings. The van der Waals surface area contributed by atoms with Crippen molar-refractivity contribution in [3.8, 4) is 6.07 Å². The van der Waals surface area contributed by atoms with Crippen LogP contribution in [0.3, 0.4) is 0 Å². The molecule has 1 heterocycles. The molecule has 0 aliphatic carbocycles. The number of nitrogens with zero attached hydrogens (tertiary/aromatic N) is 2. The summed E-state index contributed by atoms with van der Waals surface area (Å²) in [7, 11) is -3.77. The van der Waals surface area contributed by atoms with Gasteiger partial charge in [-0.3, -0.25) is 0 Å². The highest BCUT2D eigenvalue weighted by Gasteiger charge is 2.39. The van der Waals surface area contributed by atoms with E-state index in [4.69, 9.17) is 5.26 Å². The summed E-state index contributed by atoms with van der Waals surface area (Å²) >= 11 is 0. The molecule has 4 nitrogen and oxygen atoms in total. The van der Waals surface area contributed by atoms with Crippen LogP contribution in [0.15, 0.2) is 18.2 Å². The number of hydrogen-bond donors (Lipinski definition) is 0. The van der Waals surface area contributed by atoms with E-state index in [9.17, 15) is 17.2 Å². The molecule has 0 radical (unpaired) electrons. The van der Waals surface area contributed by atoms with Gasteiger partial charge in [-0.1, -0.05) is 13.0 Å². The van der Waals surface area contributed by atoms with Crippen molar-refractivity contribution in [2.24, 2.45) is 0 Å². The van der Waals surface area contributed by atoms with Gasteiger partial charge in [0.15, 0.2) is 16.9 Å². The molecule has 21 heavy (non-hydrogen) atoms. The van der Waals surface area contributed by atoms with Crippen LogP contribution in [-0.4, -0.2) is 24.5 Å². The maximum atomic E-state index is 13.4. The molecule has 1 aromatic rings. The molecule has 2 atom stereocenters. The summed E-state index contributed by atoms with van der Waals surface area (Å²) < 4.78 is 52.5. The fourth-order valence-corrected chi connectivity index (χ4v) is 4.48. The van der Waals surface area contributed by atoms with E-state index in [-0.39, 0.29) is 6.42 Å². The first-order valence-electron chi connectivity index (χ1n) is 6.77. The molecular formula is C14H16F2N2O2S. The Hall–Kier alpha value is -1.52. The lowest BCUT2D eigenvalue weighted by Crippen LogP contribution is -2.37. The molecule has 2 rings (SSSR count). The van der Waals surface area contributed by atoms with Crippen LogP contribution in [0.1, 0.15) is 37.8 Å². The predicted octanol–water partition coefficient (Wildman–Crippen LogP) is 2.73. The summed E-state index contributed by atoms with van der Waals surface area (Å²) in [5.41, 5.74) is 0.419. The van der Waals surface area contributed by atoms with E-state index >= 15 is 0 Å². The van der Waals surface area contributed by atoms with E-state index in [0.717, 1.165) is 12.1 Å². The van der Waals surface area contributed by atoms with Gasteiger partial charge in [0.05, 0.1) is 6.07 Å². The number of rotatable bonds is 4. The zero-order chi connectivity index (χ0) is 15.6. The maximum Gasteiger partial charge on any atom is 0.231 e. The molecule has 0 bridgehead atoms. The lowest BCUT2D eigenvalue weighted by atomic mass is 10.1. The van der Waals surface area contributed by atoms with Crippen molar-refractivity contribution < 1.29 is 17.2 Å². The fraction of sp³-hybridized carbons (Fsp3) is 0.500. The molecule has 1 aliphatic heterocycles. The Morgan fingerprint density at radius 3 is 2.71 bits per heavy atom. The van der Waals surface area contributed by atoms with Crippen LogP contribution in [0, 0.1) is 23.0 Å². The van der Waals surface area contributed by atoms with Crippen LogP contribution in [0.5, 0.6) is 0 Å². The lowest BCUT2D eigenvalue weighted by Gasteiger charge is -2.26. The van der Waals surface area contributed by atoms with Gasteiger partial charge in [-0.15, -0.1) is 0 Å². The monoisotopic (exact) mass is 314 g/mol. The van der Waals surface area contributed by atoms with E-state index in [1.54, 1.807) is 13.0 Å². The van der Waals surface area contributed by atoms with Gasteiger partial charge in [-0.25, -0.2) is 17.2 Å². The standard InChI is InChI=1S/C14H16F2N2O2S/c1-2-11(9-17)21(19,20)18-7-3-4-14(18)10-5-6-12(15)13(16)8-10/h5-6,8,11,14H,2-4,7H2,1H3. The second kappa shape index (κ2) is 6.08. The van der Waals surface area contributed by atoms with Crippen LogP contribution in [-0.2, 0) is 10.0 Å². The Bertz CT molecular complexity index is 670. The van der Waals surface area contributed by atoms with E-state index in [1.165, 1.54) is 10.4 Å². The zero-order valence-corrected chi connectivity index (χ0v) is 12.4. The van der Waals surface area contributed by atoms with Crippen molar-refractivity contribution in [1.82, 2.24) is 4.31 Å². The van der Waals surface area contributed by atoms with Crippen LogP contribution in [0.2, 0.25) is 0 Å². The minimum absolute atomic E-state index is 0.194. The smallest absolute Gasteiger partial charge is 0.211 e. The molecule has 0 saturated carbocycles. The number of nitriles is 1. The van der Waals surface area contributed by atoms with Gasteiger partial charge in [0.2, 0.25) is 10.0 Å². The first kappa shape index (κ1) is 15.9. The third kappa shape index (κ3) is 2.92. The Labute approximate surface area is 123 Å². The van der Waals surface area contributed by atoms with Gasteiger partial charge in [-0.05, 0) is 37.0 Å². The third-order valence-electron chi connectivity index (χ3n) is 3.73. The van der Waals surface area contributed by atoms with Gasteiger partial charge < -0.3 is 0 Å². The SMILES string of the molecule is CCC(C#N)S(=O)(=O)N1CCCC1c1ccc(F)c(F)c1. The summed E-state index contributed by atoms with van der Waals surface area (Å²) in [6.45, 7) is 1.93. The molecule has 7 heteroatoms. The van der Waals surface area contributed by atoms with Crippen LogP contribution in [0.4, 0.5) is 8.78 Å². The molecule has 2 unspecified atom stereocenters. The van der Waals surface area contributed by atoms with Gasteiger partial charge in [0.25, 0.3) is 0 Å². The van der Waals surface area contributed by atoms with E-state index < -0.39 is 32.9 Å². The van der Waals surface area contributed by atoms with Crippen LogP contribution < -0.4 is 0 Å². The normalized spacial score (nSPS) is 21.1. The van der Waals surface area contributed by atoms with Gasteiger partial charge in [0.1, 0.15) is 0 Å². The largest absolute Gasteiger partial charge is 0.231 e. The highest BCUT2D eigenvalue weighted by atomic mass is 32.2.